The summed E-state index contributed by atoms with van der Waals surface area (Å²) in [6.07, 6.45) is 4.37. The van der Waals surface area contributed by atoms with E-state index >= 15 is 0 Å². The van der Waals surface area contributed by atoms with Crippen molar-refractivity contribution in [3.8, 4) is 0 Å². The first kappa shape index (κ1) is 14.2. The van der Waals surface area contributed by atoms with Crippen LogP contribution in [0.25, 0.3) is 0 Å². The van der Waals surface area contributed by atoms with E-state index < -0.39 is 0 Å². The number of thiophene rings is 1. The van der Waals surface area contributed by atoms with E-state index in [-0.39, 0.29) is 17.7 Å². The molecule has 0 radical (unpaired) electrons. The Balaban J connectivity index is 1.78. The lowest BCUT2D eigenvalue weighted by molar-refractivity contribution is -0.124. The van der Waals surface area contributed by atoms with Crippen LogP contribution >= 0.6 is 11.3 Å². The fourth-order valence-corrected chi connectivity index (χ4v) is 3.28. The van der Waals surface area contributed by atoms with Gasteiger partial charge in [-0.2, -0.15) is 0 Å². The molecule has 5 heteroatoms. The predicted molar refractivity (Wildman–Crippen MR) is 76.3 cm³/mol. The van der Waals surface area contributed by atoms with Crippen molar-refractivity contribution >= 4 is 23.0 Å². The molecule has 1 unspecified atom stereocenters. The molecule has 1 saturated heterocycles. The zero-order valence-corrected chi connectivity index (χ0v) is 11.8. The Morgan fingerprint density at radius 3 is 2.95 bits per heavy atom. The van der Waals surface area contributed by atoms with Crippen LogP contribution in [0.15, 0.2) is 17.5 Å². The van der Waals surface area contributed by atoms with Crippen molar-refractivity contribution in [1.29, 1.82) is 0 Å². The summed E-state index contributed by atoms with van der Waals surface area (Å²) < 4.78 is 0. The standard InChI is InChI=1S/C14H20N2O2S/c15-14(18)11-5-1-2-8-16(11)9-3-6-12(17)13-7-4-10-19-13/h4,7,10-11H,1-3,5-6,8-9H2,(H2,15,18). The number of primary amides is 1. The van der Waals surface area contributed by atoms with Gasteiger partial charge < -0.3 is 5.73 Å². The number of ketones is 1. The summed E-state index contributed by atoms with van der Waals surface area (Å²) in [5.41, 5.74) is 5.42. The minimum Gasteiger partial charge on any atom is -0.368 e. The Hall–Kier alpha value is -1.20. The highest BCUT2D eigenvalue weighted by molar-refractivity contribution is 7.12. The quantitative estimate of drug-likeness (QED) is 0.811. The third-order valence-corrected chi connectivity index (χ3v) is 4.50. The van der Waals surface area contributed by atoms with Gasteiger partial charge in [-0.3, -0.25) is 14.5 Å². The van der Waals surface area contributed by atoms with Crippen LogP contribution in [-0.4, -0.2) is 35.7 Å². The van der Waals surface area contributed by atoms with E-state index in [0.29, 0.717) is 6.42 Å². The maximum atomic E-state index is 11.9. The van der Waals surface area contributed by atoms with Gasteiger partial charge in [0.2, 0.25) is 5.91 Å². The maximum Gasteiger partial charge on any atom is 0.234 e. The largest absolute Gasteiger partial charge is 0.368 e. The Morgan fingerprint density at radius 1 is 1.42 bits per heavy atom. The molecule has 1 aliphatic heterocycles. The van der Waals surface area contributed by atoms with Crippen LogP contribution in [0, 0.1) is 0 Å². The fourth-order valence-electron chi connectivity index (χ4n) is 2.58. The van der Waals surface area contributed by atoms with Crippen molar-refractivity contribution in [2.45, 2.75) is 38.1 Å². The van der Waals surface area contributed by atoms with Crippen LogP contribution in [-0.2, 0) is 4.79 Å². The van der Waals surface area contributed by atoms with Gasteiger partial charge in [-0.15, -0.1) is 11.3 Å². The molecule has 0 bridgehead atoms. The zero-order chi connectivity index (χ0) is 13.7. The normalized spacial score (nSPS) is 20.3. The van der Waals surface area contributed by atoms with E-state index in [2.05, 4.69) is 4.90 Å². The summed E-state index contributed by atoms with van der Waals surface area (Å²) in [5.74, 6) is -0.0353. The summed E-state index contributed by atoms with van der Waals surface area (Å²) in [7, 11) is 0. The molecule has 0 aliphatic carbocycles. The van der Waals surface area contributed by atoms with Gasteiger partial charge in [-0.1, -0.05) is 12.5 Å². The van der Waals surface area contributed by atoms with E-state index in [9.17, 15) is 9.59 Å². The molecule has 0 saturated carbocycles. The highest BCUT2D eigenvalue weighted by Gasteiger charge is 2.26. The average molecular weight is 280 g/mol. The molecule has 0 spiro atoms. The average Bonchev–Trinajstić information content (AvgIpc) is 2.93. The lowest BCUT2D eigenvalue weighted by atomic mass is 10.0. The monoisotopic (exact) mass is 280 g/mol. The van der Waals surface area contributed by atoms with Crippen molar-refractivity contribution in [2.24, 2.45) is 5.73 Å². The van der Waals surface area contributed by atoms with E-state index in [1.807, 2.05) is 17.5 Å². The number of hydrogen-bond acceptors (Lipinski definition) is 4. The van der Waals surface area contributed by atoms with Crippen molar-refractivity contribution in [3.05, 3.63) is 22.4 Å². The topological polar surface area (TPSA) is 63.4 Å². The molecule has 1 aromatic heterocycles. The smallest absolute Gasteiger partial charge is 0.234 e. The van der Waals surface area contributed by atoms with Crippen LogP contribution < -0.4 is 5.73 Å². The van der Waals surface area contributed by atoms with Crippen LogP contribution in [0.5, 0.6) is 0 Å². The Kier molecular flexibility index (Phi) is 5.10. The molecule has 2 rings (SSSR count). The molecule has 1 aromatic rings. The molecule has 1 amide bonds. The molecule has 1 aliphatic rings. The number of hydrogen-bond donors (Lipinski definition) is 1. The maximum absolute atomic E-state index is 11.9. The van der Waals surface area contributed by atoms with Crippen LogP contribution in [0.2, 0.25) is 0 Å². The molecular formula is C14H20N2O2S. The van der Waals surface area contributed by atoms with E-state index in [1.54, 1.807) is 0 Å². The van der Waals surface area contributed by atoms with Gasteiger partial charge in [0.1, 0.15) is 0 Å². The summed E-state index contributed by atoms with van der Waals surface area (Å²) in [5, 5.41) is 1.92. The van der Waals surface area contributed by atoms with Crippen molar-refractivity contribution in [3.63, 3.8) is 0 Å². The molecule has 0 aromatic carbocycles. The summed E-state index contributed by atoms with van der Waals surface area (Å²) in [6, 6.07) is 3.62. The van der Waals surface area contributed by atoms with Crippen molar-refractivity contribution < 1.29 is 9.59 Å². The second-order valence-corrected chi connectivity index (χ2v) is 5.90. The summed E-state index contributed by atoms with van der Waals surface area (Å²) >= 11 is 1.49. The number of likely N-dealkylation sites (tertiary alicyclic amines) is 1. The van der Waals surface area contributed by atoms with Gasteiger partial charge in [0.25, 0.3) is 0 Å². The molecule has 1 atom stereocenters. The summed E-state index contributed by atoms with van der Waals surface area (Å²) in [4.78, 5) is 26.2. The van der Waals surface area contributed by atoms with Gasteiger partial charge in [-0.05, 0) is 43.8 Å². The first-order valence-electron chi connectivity index (χ1n) is 6.78. The molecule has 19 heavy (non-hydrogen) atoms. The van der Waals surface area contributed by atoms with Gasteiger partial charge in [0.15, 0.2) is 5.78 Å². The third-order valence-electron chi connectivity index (χ3n) is 3.59. The number of nitrogens with two attached hydrogens (primary N) is 1. The SMILES string of the molecule is NC(=O)C1CCCCN1CCCC(=O)c1cccs1. The zero-order valence-electron chi connectivity index (χ0n) is 11.0. The molecule has 2 N–H and O–H groups in total. The summed E-state index contributed by atoms with van der Waals surface area (Å²) in [6.45, 7) is 1.70. The lowest BCUT2D eigenvalue weighted by Gasteiger charge is -2.33. The van der Waals surface area contributed by atoms with E-state index in [4.69, 9.17) is 5.73 Å². The molecule has 104 valence electrons. The second-order valence-electron chi connectivity index (χ2n) is 4.95. The van der Waals surface area contributed by atoms with Gasteiger partial charge >= 0.3 is 0 Å². The number of carbonyl (C=O) groups excluding carboxylic acids is 2. The molecular weight excluding hydrogens is 260 g/mol. The van der Waals surface area contributed by atoms with Gasteiger partial charge in [-0.25, -0.2) is 0 Å². The Morgan fingerprint density at radius 2 is 2.26 bits per heavy atom. The molecule has 1 fully saturated rings. The van der Waals surface area contributed by atoms with Gasteiger partial charge in [0, 0.05) is 6.42 Å². The molecule has 4 nitrogen and oxygen atoms in total. The van der Waals surface area contributed by atoms with Crippen LogP contribution in [0.1, 0.15) is 41.8 Å². The van der Waals surface area contributed by atoms with Crippen LogP contribution in [0.4, 0.5) is 0 Å². The second kappa shape index (κ2) is 6.82. The molecule has 2 heterocycles. The number of rotatable bonds is 6. The number of carbonyl (C=O) groups is 2. The third kappa shape index (κ3) is 3.88. The minimum absolute atomic E-state index is 0.134. The van der Waals surface area contributed by atoms with Crippen molar-refractivity contribution in [2.75, 3.05) is 13.1 Å². The van der Waals surface area contributed by atoms with Crippen molar-refractivity contribution in [1.82, 2.24) is 4.90 Å². The number of amides is 1. The number of piperidine rings is 1. The van der Waals surface area contributed by atoms with Gasteiger partial charge in [0.05, 0.1) is 10.9 Å². The number of Topliss-reactive ketones (excluding diaryl/α,β-unsaturated/α-hetero) is 1. The highest BCUT2D eigenvalue weighted by Crippen LogP contribution is 2.18. The fraction of sp³-hybridized carbons (Fsp3) is 0.571. The first-order valence-corrected chi connectivity index (χ1v) is 7.66. The number of nitrogens with zero attached hydrogens (tertiary/aromatic N) is 1. The lowest BCUT2D eigenvalue weighted by Crippen LogP contribution is -2.47. The van der Waals surface area contributed by atoms with E-state index in [0.717, 1.165) is 43.6 Å². The minimum atomic E-state index is -0.232. The van der Waals surface area contributed by atoms with Crippen LogP contribution in [0.3, 0.4) is 0 Å². The Labute approximate surface area is 117 Å². The van der Waals surface area contributed by atoms with E-state index in [1.165, 1.54) is 11.3 Å². The predicted octanol–water partition coefficient (Wildman–Crippen LogP) is 2.05. The highest BCUT2D eigenvalue weighted by atomic mass is 32.1. The Bertz CT molecular complexity index is 431. The first-order chi connectivity index (χ1) is 9.18.